The maximum Gasteiger partial charge on any atom is 0.200 e. The SMILES string of the molecule is C/C=C\COc1ccc(C)c(F)c1F.C/C=C\COc1ccc(C)c(F)c1F.C=CCOc1ccc(C)c(F)c1F.C=CCOc1ccc(C)c(F)c1F.C=CCOc1ccc(C)c(F)c1F.C=CCOc1ccc(C)c(F)c1F.CCCCCCOc1ccc(C)c(F)c1F.CCCCCCOc1ccc(C)c(F)c1F.CCCCCCOc1ccc(C)c(F)c1F.CCCCCOc1ccc(C)c(F)c1F. The van der Waals surface area contributed by atoms with Crippen LogP contribution in [0.15, 0.2) is 196 Å². The number of allylic oxidation sites excluding steroid dienone is 2. The first-order chi connectivity index (χ1) is 68.1. The Morgan fingerprint density at radius 3 is 0.434 bits per heavy atom. The first kappa shape index (κ1) is 128. The molecule has 0 amide bonds. The summed E-state index contributed by atoms with van der Waals surface area (Å²) in [5.74, 6) is -17.9. The Morgan fingerprint density at radius 1 is 0.175 bits per heavy atom. The zero-order valence-electron chi connectivity index (χ0n) is 84.3. The van der Waals surface area contributed by atoms with Crippen molar-refractivity contribution in [3.8, 4) is 57.5 Å². The van der Waals surface area contributed by atoms with E-state index in [0.717, 1.165) is 96.3 Å². The highest BCUT2D eigenvalue weighted by atomic mass is 19.2. The van der Waals surface area contributed by atoms with Gasteiger partial charge in [0.1, 0.15) is 39.6 Å². The first-order valence-corrected chi connectivity index (χ1v) is 46.5. The van der Waals surface area contributed by atoms with Crippen molar-refractivity contribution in [3.05, 3.63) is 368 Å². The molecule has 786 valence electrons. The molecule has 0 aliphatic rings. The molecule has 0 bridgehead atoms. The summed E-state index contributed by atoms with van der Waals surface area (Å²) >= 11 is 0. The third-order valence-electron chi connectivity index (χ3n) is 19.7. The van der Waals surface area contributed by atoms with Gasteiger partial charge in [-0.25, -0.2) is 43.9 Å². The Kier molecular flexibility index (Phi) is 65.8. The molecule has 0 aromatic heterocycles. The van der Waals surface area contributed by atoms with Crippen molar-refractivity contribution in [2.45, 2.75) is 207 Å². The van der Waals surface area contributed by atoms with Crippen LogP contribution in [0.5, 0.6) is 57.5 Å². The molecular formula is C113H134F20O10. The molecule has 0 atom stereocenters. The standard InChI is InChI=1S/3C13H18F2O.C12H16F2O.2C11H12F2O.4C10H10F2O/c3*1-3-4-5-6-9-16-11-8-7-10(2)12(14)13(11)15;1-3-4-5-8-15-10-7-6-9(2)11(13)12(10)14;2*1-3-4-7-14-9-6-5-8(2)10(12)11(9)13;4*1-3-6-13-8-5-4-7(2)9(11)10(8)12/h3*7-8H,3-6,9H2,1-2H3;6-7H,3-5,8H2,1-2H3;2*3-6H,7H2,1-2H3;4*3-5H,1,6H2,2H3/b;;;;2*4-3-;;;;. The average Bonchev–Trinajstić information content (AvgIpc) is 0.887. The minimum Gasteiger partial charge on any atom is -0.490 e. The van der Waals surface area contributed by atoms with Crippen molar-refractivity contribution in [2.24, 2.45) is 0 Å². The molecule has 0 saturated carbocycles. The normalized spacial score (nSPS) is 10.3. The Balaban J connectivity index is 0.000000795. The van der Waals surface area contributed by atoms with Crippen LogP contribution in [0.4, 0.5) is 87.8 Å². The van der Waals surface area contributed by atoms with Crippen molar-refractivity contribution in [3.63, 3.8) is 0 Å². The predicted octanol–water partition coefficient (Wildman–Crippen LogP) is 34.3. The number of rotatable bonds is 41. The molecule has 0 saturated heterocycles. The number of aryl methyl sites for hydroxylation is 10. The van der Waals surface area contributed by atoms with Gasteiger partial charge in [-0.3, -0.25) is 0 Å². The molecule has 0 heterocycles. The van der Waals surface area contributed by atoms with Gasteiger partial charge in [0, 0.05) is 0 Å². The fourth-order valence-corrected chi connectivity index (χ4v) is 11.1. The Hall–Kier alpha value is -12.8. The van der Waals surface area contributed by atoms with Crippen LogP contribution in [0, 0.1) is 186 Å². The lowest BCUT2D eigenvalue weighted by molar-refractivity contribution is 0.285. The molecule has 0 aliphatic heterocycles. The molecule has 10 nitrogen and oxygen atoms in total. The van der Waals surface area contributed by atoms with Crippen molar-refractivity contribution in [2.75, 3.05) is 66.1 Å². The Labute approximate surface area is 830 Å². The monoisotopic (exact) mass is 2030 g/mol. The van der Waals surface area contributed by atoms with Crippen LogP contribution in [0.1, 0.15) is 193 Å². The largest absolute Gasteiger partial charge is 0.490 e. The Bertz CT molecular complexity index is 5040. The summed E-state index contributed by atoms with van der Waals surface area (Å²) in [5, 5.41) is 0. The quantitative estimate of drug-likeness (QED) is 0.0210. The maximum absolute atomic E-state index is 13.3. The van der Waals surface area contributed by atoms with E-state index < -0.39 is 116 Å². The van der Waals surface area contributed by atoms with Crippen LogP contribution in [-0.2, 0) is 0 Å². The number of halogens is 20. The third kappa shape index (κ3) is 47.3. The second-order valence-electron chi connectivity index (χ2n) is 31.5. The van der Waals surface area contributed by atoms with Gasteiger partial charge in [-0.15, -0.1) is 0 Å². The van der Waals surface area contributed by atoms with Gasteiger partial charge < -0.3 is 47.4 Å². The van der Waals surface area contributed by atoms with E-state index in [-0.39, 0.29) is 131 Å². The summed E-state index contributed by atoms with van der Waals surface area (Å²) in [6.45, 7) is 43.8. The van der Waals surface area contributed by atoms with Crippen molar-refractivity contribution < 1.29 is 135 Å². The van der Waals surface area contributed by atoms with Crippen LogP contribution < -0.4 is 47.4 Å². The molecule has 0 radical (unpaired) electrons. The lowest BCUT2D eigenvalue weighted by atomic mass is 10.2. The Morgan fingerprint density at radius 2 is 0.301 bits per heavy atom. The van der Waals surface area contributed by atoms with E-state index in [1.54, 1.807) is 24.3 Å². The fraction of sp³-hybridized carbons (Fsp3) is 0.363. The lowest BCUT2D eigenvalue weighted by Crippen LogP contribution is -2.01. The van der Waals surface area contributed by atoms with Gasteiger partial charge in [0.15, 0.2) is 116 Å². The van der Waals surface area contributed by atoms with E-state index in [0.29, 0.717) is 48.7 Å². The highest BCUT2D eigenvalue weighted by Crippen LogP contribution is 2.32. The topological polar surface area (TPSA) is 92.3 Å². The summed E-state index contributed by atoms with van der Waals surface area (Å²) in [6.07, 6.45) is 28.6. The first-order valence-electron chi connectivity index (χ1n) is 46.5. The molecule has 10 rings (SSSR count). The minimum atomic E-state index is -0.943. The smallest absolute Gasteiger partial charge is 0.200 e. The number of hydrogen-bond donors (Lipinski definition) is 0. The molecule has 10 aromatic carbocycles. The molecule has 0 aliphatic carbocycles. The van der Waals surface area contributed by atoms with E-state index in [2.05, 4.69) is 54.0 Å². The van der Waals surface area contributed by atoms with Crippen molar-refractivity contribution in [1.29, 1.82) is 0 Å². The summed E-state index contributed by atoms with van der Waals surface area (Å²) in [6, 6.07) is 29.3. The number of ether oxygens (including phenoxy) is 10. The average molecular weight is 2030 g/mol. The van der Waals surface area contributed by atoms with Gasteiger partial charge in [0.2, 0.25) is 58.2 Å². The van der Waals surface area contributed by atoms with Crippen LogP contribution >= 0.6 is 0 Å². The summed E-state index contributed by atoms with van der Waals surface area (Å²) < 4.78 is 313. The van der Waals surface area contributed by atoms with Gasteiger partial charge in [-0.05, 0) is 225 Å². The van der Waals surface area contributed by atoms with Gasteiger partial charge in [0.25, 0.3) is 0 Å². The molecule has 30 heteroatoms. The number of unbranched alkanes of at least 4 members (excludes halogenated alkanes) is 11. The zero-order chi connectivity index (χ0) is 108. The van der Waals surface area contributed by atoms with E-state index in [1.807, 2.05) is 13.8 Å². The minimum absolute atomic E-state index is 0.00852. The van der Waals surface area contributed by atoms with E-state index >= 15 is 0 Å². The van der Waals surface area contributed by atoms with E-state index in [1.165, 1.54) is 215 Å². The van der Waals surface area contributed by atoms with Crippen LogP contribution in [0.3, 0.4) is 0 Å². The molecule has 0 fully saturated rings. The third-order valence-corrected chi connectivity index (χ3v) is 19.7. The summed E-state index contributed by atoms with van der Waals surface area (Å²) in [7, 11) is 0. The second-order valence-corrected chi connectivity index (χ2v) is 31.5. The maximum atomic E-state index is 13.3. The number of benzene rings is 10. The van der Waals surface area contributed by atoms with Crippen LogP contribution in [0.25, 0.3) is 0 Å². The van der Waals surface area contributed by atoms with Gasteiger partial charge >= 0.3 is 0 Å². The van der Waals surface area contributed by atoms with Gasteiger partial charge in [-0.1, -0.05) is 234 Å². The number of hydrogen-bond acceptors (Lipinski definition) is 10. The highest BCUT2D eigenvalue weighted by molar-refractivity contribution is 5.38. The summed E-state index contributed by atoms with van der Waals surface area (Å²) in [5.41, 5.74) is 2.83. The van der Waals surface area contributed by atoms with Crippen LogP contribution in [0.2, 0.25) is 0 Å². The molecule has 143 heavy (non-hydrogen) atoms. The molecular weight excluding hydrogens is 1900 g/mol. The van der Waals surface area contributed by atoms with Crippen molar-refractivity contribution in [1.82, 2.24) is 0 Å². The molecule has 10 aromatic rings. The van der Waals surface area contributed by atoms with Crippen LogP contribution in [-0.4, -0.2) is 66.1 Å². The second kappa shape index (κ2) is 73.3. The van der Waals surface area contributed by atoms with E-state index in [9.17, 15) is 87.8 Å². The molecule has 0 N–H and O–H groups in total. The molecule has 0 unspecified atom stereocenters. The molecule has 0 spiro atoms. The highest BCUT2D eigenvalue weighted by Gasteiger charge is 2.21. The zero-order valence-corrected chi connectivity index (χ0v) is 84.3. The summed E-state index contributed by atoms with van der Waals surface area (Å²) in [4.78, 5) is 0. The van der Waals surface area contributed by atoms with Crippen molar-refractivity contribution >= 4 is 0 Å². The fourth-order valence-electron chi connectivity index (χ4n) is 11.1. The van der Waals surface area contributed by atoms with E-state index in [4.69, 9.17) is 47.4 Å². The van der Waals surface area contributed by atoms with Gasteiger partial charge in [-0.2, -0.15) is 43.9 Å². The van der Waals surface area contributed by atoms with Gasteiger partial charge in [0.05, 0.1) is 26.4 Å². The lowest BCUT2D eigenvalue weighted by Gasteiger charge is -2.08. The predicted molar refractivity (Wildman–Crippen MR) is 528 cm³/mol.